The molecule has 0 saturated heterocycles. The first-order valence-corrected chi connectivity index (χ1v) is 7.57. The molecule has 2 N–H and O–H groups in total. The second kappa shape index (κ2) is 6.78. The van der Waals surface area contributed by atoms with Crippen molar-refractivity contribution in [2.75, 3.05) is 19.4 Å². The molecular formula is C16H21F3N2O2. The summed E-state index contributed by atoms with van der Waals surface area (Å²) in [6, 6.07) is 2.81. The molecule has 23 heavy (non-hydrogen) atoms. The Morgan fingerprint density at radius 3 is 2.48 bits per heavy atom. The second-order valence-electron chi connectivity index (χ2n) is 6.13. The molecule has 4 nitrogen and oxygen atoms in total. The van der Waals surface area contributed by atoms with Crippen LogP contribution in [0, 0.1) is 0 Å². The lowest BCUT2D eigenvalue weighted by molar-refractivity contribution is -0.137. The van der Waals surface area contributed by atoms with Crippen molar-refractivity contribution in [1.82, 2.24) is 4.90 Å². The van der Waals surface area contributed by atoms with Crippen molar-refractivity contribution in [3.63, 3.8) is 0 Å². The number of carbonyl (C=O) groups is 1. The van der Waals surface area contributed by atoms with Crippen LogP contribution in [0.4, 0.5) is 18.9 Å². The molecule has 0 amide bonds. The van der Waals surface area contributed by atoms with Gasteiger partial charge in [-0.1, -0.05) is 12.8 Å². The highest BCUT2D eigenvalue weighted by Gasteiger charge is 2.33. The Kier molecular flexibility index (Phi) is 5.19. The minimum atomic E-state index is -4.50. The Balaban J connectivity index is 2.34. The average Bonchev–Trinajstić information content (AvgIpc) is 2.46. The molecule has 2 rings (SSSR count). The van der Waals surface area contributed by atoms with Crippen molar-refractivity contribution in [3.8, 4) is 0 Å². The molecule has 0 aromatic heterocycles. The number of rotatable bonds is 4. The van der Waals surface area contributed by atoms with E-state index in [1.165, 1.54) is 0 Å². The SMILES string of the molecule is CN(C)[C@@H]1CCCC[C@H]1Nc1cc(C(F)(F)F)ccc1C(=O)O. The first-order chi connectivity index (χ1) is 10.7. The number of alkyl halides is 3. The summed E-state index contributed by atoms with van der Waals surface area (Å²) in [5, 5.41) is 12.3. The lowest BCUT2D eigenvalue weighted by Gasteiger charge is -2.37. The highest BCUT2D eigenvalue weighted by molar-refractivity contribution is 5.94. The topological polar surface area (TPSA) is 52.6 Å². The Labute approximate surface area is 133 Å². The van der Waals surface area contributed by atoms with Gasteiger partial charge in [0.1, 0.15) is 0 Å². The van der Waals surface area contributed by atoms with Crippen molar-refractivity contribution >= 4 is 11.7 Å². The number of carboxylic acids is 1. The third-order valence-corrected chi connectivity index (χ3v) is 4.31. The molecule has 1 aromatic carbocycles. The molecule has 1 aromatic rings. The van der Waals surface area contributed by atoms with Crippen LogP contribution < -0.4 is 5.32 Å². The van der Waals surface area contributed by atoms with Gasteiger partial charge in [-0.05, 0) is 45.1 Å². The molecule has 1 aliphatic rings. The molecule has 0 radical (unpaired) electrons. The summed E-state index contributed by atoms with van der Waals surface area (Å²) in [7, 11) is 3.85. The predicted octanol–water partition coefficient (Wildman–Crippen LogP) is 3.69. The number of hydrogen-bond donors (Lipinski definition) is 2. The zero-order chi connectivity index (χ0) is 17.2. The summed E-state index contributed by atoms with van der Waals surface area (Å²) in [6.07, 6.45) is -0.718. The lowest BCUT2D eigenvalue weighted by Crippen LogP contribution is -2.45. The van der Waals surface area contributed by atoms with E-state index in [4.69, 9.17) is 0 Å². The van der Waals surface area contributed by atoms with Crippen molar-refractivity contribution < 1.29 is 23.1 Å². The van der Waals surface area contributed by atoms with E-state index in [0.29, 0.717) is 0 Å². The number of hydrogen-bond acceptors (Lipinski definition) is 3. The smallest absolute Gasteiger partial charge is 0.416 e. The Morgan fingerprint density at radius 1 is 1.26 bits per heavy atom. The van der Waals surface area contributed by atoms with Crippen molar-refractivity contribution in [2.45, 2.75) is 43.9 Å². The molecule has 0 aliphatic heterocycles. The van der Waals surface area contributed by atoms with E-state index in [9.17, 15) is 23.1 Å². The largest absolute Gasteiger partial charge is 0.478 e. The summed E-state index contributed by atoms with van der Waals surface area (Å²) >= 11 is 0. The normalized spacial score (nSPS) is 22.2. The number of anilines is 1. The van der Waals surface area contributed by atoms with Gasteiger partial charge in [0.25, 0.3) is 0 Å². The summed E-state index contributed by atoms with van der Waals surface area (Å²) in [5.74, 6) is -1.24. The molecule has 0 heterocycles. The average molecular weight is 330 g/mol. The van der Waals surface area contributed by atoms with Gasteiger partial charge in [-0.15, -0.1) is 0 Å². The molecule has 2 atom stereocenters. The number of nitrogens with one attached hydrogen (secondary N) is 1. The zero-order valence-electron chi connectivity index (χ0n) is 13.2. The van der Waals surface area contributed by atoms with Crippen molar-refractivity contribution in [3.05, 3.63) is 29.3 Å². The molecule has 7 heteroatoms. The minimum absolute atomic E-state index is 0.0334. The fourth-order valence-electron chi connectivity index (χ4n) is 3.12. The Hall–Kier alpha value is -1.76. The molecule has 0 bridgehead atoms. The number of likely N-dealkylation sites (N-methyl/N-ethyl adjacent to an activating group) is 1. The Bertz CT molecular complexity index is 573. The number of aromatic carboxylic acids is 1. The van der Waals surface area contributed by atoms with Gasteiger partial charge in [-0.3, -0.25) is 0 Å². The number of carboxylic acid groups (broad SMARTS) is 1. The van der Waals surface area contributed by atoms with E-state index in [1.807, 2.05) is 19.0 Å². The molecular weight excluding hydrogens is 309 g/mol. The van der Waals surface area contributed by atoms with Gasteiger partial charge in [-0.2, -0.15) is 13.2 Å². The second-order valence-corrected chi connectivity index (χ2v) is 6.13. The van der Waals surface area contributed by atoms with Crippen LogP contribution in [0.5, 0.6) is 0 Å². The maximum Gasteiger partial charge on any atom is 0.416 e. The highest BCUT2D eigenvalue weighted by atomic mass is 19.4. The van der Waals surface area contributed by atoms with Crippen LogP contribution >= 0.6 is 0 Å². The minimum Gasteiger partial charge on any atom is -0.478 e. The van der Waals surface area contributed by atoms with Crippen LogP contribution in [0.2, 0.25) is 0 Å². The van der Waals surface area contributed by atoms with E-state index >= 15 is 0 Å². The highest BCUT2D eigenvalue weighted by Crippen LogP contribution is 2.33. The summed E-state index contributed by atoms with van der Waals surface area (Å²) in [4.78, 5) is 13.3. The standard InChI is InChI=1S/C16H21F3N2O2/c1-21(2)14-6-4-3-5-12(14)20-13-9-10(16(17,18)19)7-8-11(13)15(22)23/h7-9,12,14,20H,3-6H2,1-2H3,(H,22,23)/t12-,14-/m1/s1. The third-order valence-electron chi connectivity index (χ3n) is 4.31. The first kappa shape index (κ1) is 17.6. The van der Waals surface area contributed by atoms with Crippen LogP contribution in [-0.2, 0) is 6.18 Å². The van der Waals surface area contributed by atoms with Crippen LogP contribution in [0.25, 0.3) is 0 Å². The lowest BCUT2D eigenvalue weighted by atomic mass is 9.89. The fraction of sp³-hybridized carbons (Fsp3) is 0.562. The van der Waals surface area contributed by atoms with Gasteiger partial charge in [0, 0.05) is 17.8 Å². The van der Waals surface area contributed by atoms with Gasteiger partial charge in [0.15, 0.2) is 0 Å². The van der Waals surface area contributed by atoms with E-state index in [-0.39, 0.29) is 23.3 Å². The van der Waals surface area contributed by atoms with E-state index in [2.05, 4.69) is 5.32 Å². The monoisotopic (exact) mass is 330 g/mol. The van der Waals surface area contributed by atoms with Crippen LogP contribution in [0.3, 0.4) is 0 Å². The number of halogens is 3. The number of benzene rings is 1. The summed E-state index contributed by atoms with van der Waals surface area (Å²) < 4.78 is 38.7. The predicted molar refractivity (Wildman–Crippen MR) is 81.8 cm³/mol. The van der Waals surface area contributed by atoms with E-state index < -0.39 is 17.7 Å². The molecule has 0 unspecified atom stereocenters. The van der Waals surface area contributed by atoms with E-state index in [0.717, 1.165) is 43.9 Å². The third kappa shape index (κ3) is 4.16. The quantitative estimate of drug-likeness (QED) is 0.884. The zero-order valence-corrected chi connectivity index (χ0v) is 13.2. The molecule has 0 spiro atoms. The van der Waals surface area contributed by atoms with Crippen molar-refractivity contribution in [2.24, 2.45) is 0 Å². The first-order valence-electron chi connectivity index (χ1n) is 7.57. The van der Waals surface area contributed by atoms with Crippen LogP contribution in [0.15, 0.2) is 18.2 Å². The van der Waals surface area contributed by atoms with Gasteiger partial charge >= 0.3 is 12.1 Å². The van der Waals surface area contributed by atoms with Gasteiger partial charge in [-0.25, -0.2) is 4.79 Å². The van der Waals surface area contributed by atoms with Gasteiger partial charge < -0.3 is 15.3 Å². The maximum absolute atomic E-state index is 12.9. The van der Waals surface area contributed by atoms with Crippen LogP contribution in [0.1, 0.15) is 41.6 Å². The van der Waals surface area contributed by atoms with E-state index in [1.54, 1.807) is 0 Å². The number of nitrogens with zero attached hydrogens (tertiary/aromatic N) is 1. The molecule has 1 fully saturated rings. The van der Waals surface area contributed by atoms with Gasteiger partial charge in [0.05, 0.1) is 11.1 Å². The molecule has 1 aliphatic carbocycles. The van der Waals surface area contributed by atoms with Crippen LogP contribution in [-0.4, -0.2) is 42.2 Å². The van der Waals surface area contributed by atoms with Gasteiger partial charge in [0.2, 0.25) is 0 Å². The Morgan fingerprint density at radius 2 is 1.91 bits per heavy atom. The van der Waals surface area contributed by atoms with Crippen molar-refractivity contribution in [1.29, 1.82) is 0 Å². The maximum atomic E-state index is 12.9. The summed E-state index contributed by atoms with van der Waals surface area (Å²) in [6.45, 7) is 0. The fourth-order valence-corrected chi connectivity index (χ4v) is 3.12. The molecule has 1 saturated carbocycles. The molecule has 128 valence electrons. The summed E-state index contributed by atoms with van der Waals surface area (Å²) in [5.41, 5.74) is -0.950.